The van der Waals surface area contributed by atoms with Gasteiger partial charge in [0.05, 0.1) is 24.0 Å². The van der Waals surface area contributed by atoms with Crippen LogP contribution >= 0.6 is 23.2 Å². The van der Waals surface area contributed by atoms with Crippen molar-refractivity contribution in [2.45, 2.75) is 4.90 Å². The molecule has 0 aliphatic rings. The first-order chi connectivity index (χ1) is 13.8. The molecule has 0 saturated heterocycles. The van der Waals surface area contributed by atoms with Gasteiger partial charge in [0.15, 0.2) is 0 Å². The summed E-state index contributed by atoms with van der Waals surface area (Å²) < 4.78 is 32.6. The van der Waals surface area contributed by atoms with Gasteiger partial charge in [-0.3, -0.25) is 9.52 Å². The van der Waals surface area contributed by atoms with Crippen LogP contribution in [0.2, 0.25) is 10.0 Å². The molecule has 0 spiro atoms. The largest absolute Gasteiger partial charge is 0.481 e. The van der Waals surface area contributed by atoms with Gasteiger partial charge in [0, 0.05) is 22.3 Å². The second kappa shape index (κ2) is 8.69. The smallest absolute Gasteiger partial charge is 0.263 e. The van der Waals surface area contributed by atoms with Crippen LogP contribution in [-0.4, -0.2) is 26.4 Å². The zero-order chi connectivity index (χ0) is 21.0. The molecule has 3 aromatic rings. The first kappa shape index (κ1) is 20.9. The number of hydrogen-bond donors (Lipinski definition) is 2. The van der Waals surface area contributed by atoms with Crippen molar-refractivity contribution >= 4 is 50.5 Å². The van der Waals surface area contributed by atoms with Crippen molar-refractivity contribution in [3.8, 4) is 5.88 Å². The lowest BCUT2D eigenvalue weighted by molar-refractivity contribution is 0.102. The number of hydrogen-bond acceptors (Lipinski definition) is 5. The molecule has 150 valence electrons. The minimum Gasteiger partial charge on any atom is -0.481 e. The van der Waals surface area contributed by atoms with Gasteiger partial charge in [0.25, 0.3) is 15.9 Å². The van der Waals surface area contributed by atoms with E-state index in [4.69, 9.17) is 27.9 Å². The lowest BCUT2D eigenvalue weighted by Gasteiger charge is -2.11. The molecule has 1 heterocycles. The van der Waals surface area contributed by atoms with Gasteiger partial charge >= 0.3 is 0 Å². The normalized spacial score (nSPS) is 11.0. The van der Waals surface area contributed by atoms with E-state index in [-0.39, 0.29) is 26.2 Å². The maximum atomic E-state index is 12.6. The molecule has 0 bridgehead atoms. The van der Waals surface area contributed by atoms with Crippen molar-refractivity contribution in [2.75, 3.05) is 17.1 Å². The van der Waals surface area contributed by atoms with Gasteiger partial charge in [0.1, 0.15) is 4.90 Å². The summed E-state index contributed by atoms with van der Waals surface area (Å²) in [4.78, 5) is 16.3. The van der Waals surface area contributed by atoms with E-state index in [1.807, 2.05) is 0 Å². The maximum absolute atomic E-state index is 12.6. The molecule has 0 fully saturated rings. The third kappa shape index (κ3) is 5.17. The van der Waals surface area contributed by atoms with Gasteiger partial charge in [-0.05, 0) is 42.5 Å². The molecular weight excluding hydrogens is 437 g/mol. The lowest BCUT2D eigenvalue weighted by Crippen LogP contribution is -2.15. The van der Waals surface area contributed by atoms with E-state index in [2.05, 4.69) is 15.0 Å². The number of anilines is 2. The summed E-state index contributed by atoms with van der Waals surface area (Å²) in [5.41, 5.74) is 0.909. The summed E-state index contributed by atoms with van der Waals surface area (Å²) in [6.45, 7) is 0. The number of rotatable bonds is 6. The number of methoxy groups -OCH3 is 1. The van der Waals surface area contributed by atoms with Crippen LogP contribution in [0.3, 0.4) is 0 Å². The van der Waals surface area contributed by atoms with Gasteiger partial charge in [0.2, 0.25) is 5.88 Å². The van der Waals surface area contributed by atoms with E-state index < -0.39 is 15.9 Å². The Bertz CT molecular complexity index is 1150. The summed E-state index contributed by atoms with van der Waals surface area (Å²) >= 11 is 11.9. The molecule has 1 amide bonds. The molecule has 1 aromatic heterocycles. The van der Waals surface area contributed by atoms with Crippen molar-refractivity contribution in [3.05, 3.63) is 76.4 Å². The van der Waals surface area contributed by atoms with Crippen LogP contribution in [0.25, 0.3) is 0 Å². The fourth-order valence-corrected chi connectivity index (χ4v) is 4.21. The number of nitrogens with one attached hydrogen (secondary N) is 2. The van der Waals surface area contributed by atoms with E-state index in [1.165, 1.54) is 43.6 Å². The highest BCUT2D eigenvalue weighted by atomic mass is 35.5. The van der Waals surface area contributed by atoms with Crippen molar-refractivity contribution < 1.29 is 17.9 Å². The Morgan fingerprint density at radius 3 is 2.52 bits per heavy atom. The van der Waals surface area contributed by atoms with E-state index in [9.17, 15) is 13.2 Å². The number of nitrogens with zero attached hydrogens (tertiary/aromatic N) is 1. The quantitative estimate of drug-likeness (QED) is 0.576. The molecule has 7 nitrogen and oxygen atoms in total. The molecular formula is C19H15Cl2N3O4S. The van der Waals surface area contributed by atoms with E-state index >= 15 is 0 Å². The monoisotopic (exact) mass is 451 g/mol. The minimum atomic E-state index is -4.00. The molecule has 2 N–H and O–H groups in total. The maximum Gasteiger partial charge on any atom is 0.263 e. The minimum absolute atomic E-state index is 0.0304. The molecule has 3 rings (SSSR count). The summed E-state index contributed by atoms with van der Waals surface area (Å²) in [6, 6.07) is 13.4. The van der Waals surface area contributed by atoms with Crippen LogP contribution in [0, 0.1) is 0 Å². The van der Waals surface area contributed by atoms with Crippen LogP contribution in [0.5, 0.6) is 5.88 Å². The number of amides is 1. The van der Waals surface area contributed by atoms with Crippen LogP contribution in [-0.2, 0) is 10.0 Å². The Labute approximate surface area is 177 Å². The molecule has 0 saturated carbocycles. The number of benzene rings is 2. The zero-order valence-corrected chi connectivity index (χ0v) is 17.3. The topological polar surface area (TPSA) is 97.4 Å². The third-order valence-electron chi connectivity index (χ3n) is 3.76. The number of carbonyl (C=O) groups excluding carboxylic acids is 1. The fourth-order valence-electron chi connectivity index (χ4n) is 2.40. The highest BCUT2D eigenvalue weighted by Gasteiger charge is 2.19. The molecule has 10 heteroatoms. The van der Waals surface area contributed by atoms with Crippen LogP contribution < -0.4 is 14.8 Å². The molecule has 0 radical (unpaired) electrons. The third-order valence-corrected chi connectivity index (χ3v) is 5.86. The molecule has 29 heavy (non-hydrogen) atoms. The number of halogens is 2. The Morgan fingerprint density at radius 2 is 1.83 bits per heavy atom. The fraction of sp³-hybridized carbons (Fsp3) is 0.0526. The number of sulfonamides is 1. The molecule has 0 atom stereocenters. The average Bonchev–Trinajstić information content (AvgIpc) is 2.70. The van der Waals surface area contributed by atoms with Gasteiger partial charge in [-0.15, -0.1) is 0 Å². The Morgan fingerprint density at radius 1 is 1.03 bits per heavy atom. The summed E-state index contributed by atoms with van der Waals surface area (Å²) in [6.07, 6.45) is 1.45. The SMILES string of the molecule is COc1ccc(NC(=O)c2cccc(NS(=O)(=O)c3cc(Cl)ccc3Cl)c2)cn1. The Balaban J connectivity index is 1.79. The Hall–Kier alpha value is -2.81. The van der Waals surface area contributed by atoms with Crippen LogP contribution in [0.15, 0.2) is 65.7 Å². The van der Waals surface area contributed by atoms with Crippen molar-refractivity contribution in [1.82, 2.24) is 4.98 Å². The standard InChI is InChI=1S/C19H15Cl2N3O4S/c1-28-18-8-6-15(11-22-18)23-19(25)12-3-2-4-14(9-12)24-29(26,27)17-10-13(20)5-7-16(17)21/h2-11,24H,1H3,(H,23,25). The summed E-state index contributed by atoms with van der Waals surface area (Å²) in [5.74, 6) is -0.0159. The first-order valence-electron chi connectivity index (χ1n) is 8.18. The lowest BCUT2D eigenvalue weighted by atomic mass is 10.2. The highest BCUT2D eigenvalue weighted by Crippen LogP contribution is 2.27. The predicted octanol–water partition coefficient (Wildman–Crippen LogP) is 4.45. The van der Waals surface area contributed by atoms with Gasteiger partial charge in [-0.2, -0.15) is 0 Å². The van der Waals surface area contributed by atoms with Crippen LogP contribution in [0.1, 0.15) is 10.4 Å². The van der Waals surface area contributed by atoms with Crippen molar-refractivity contribution in [3.63, 3.8) is 0 Å². The van der Waals surface area contributed by atoms with Gasteiger partial charge < -0.3 is 10.1 Å². The highest BCUT2D eigenvalue weighted by molar-refractivity contribution is 7.92. The van der Waals surface area contributed by atoms with E-state index in [1.54, 1.807) is 24.3 Å². The zero-order valence-electron chi connectivity index (χ0n) is 15.0. The number of carbonyl (C=O) groups is 1. The average molecular weight is 452 g/mol. The summed E-state index contributed by atoms with van der Waals surface area (Å²) in [7, 11) is -2.51. The second-order valence-corrected chi connectivity index (χ2v) is 8.30. The van der Waals surface area contributed by atoms with Crippen LogP contribution in [0.4, 0.5) is 11.4 Å². The summed E-state index contributed by atoms with van der Waals surface area (Å²) in [5, 5.41) is 2.94. The molecule has 0 aliphatic carbocycles. The number of aromatic nitrogens is 1. The van der Waals surface area contributed by atoms with Crippen molar-refractivity contribution in [1.29, 1.82) is 0 Å². The van der Waals surface area contributed by atoms with Gasteiger partial charge in [-0.25, -0.2) is 13.4 Å². The first-order valence-corrected chi connectivity index (χ1v) is 10.4. The van der Waals surface area contributed by atoms with E-state index in [0.29, 0.717) is 11.6 Å². The second-order valence-electron chi connectivity index (χ2n) is 5.80. The number of ether oxygens (including phenoxy) is 1. The van der Waals surface area contributed by atoms with Crippen molar-refractivity contribution in [2.24, 2.45) is 0 Å². The molecule has 2 aromatic carbocycles. The molecule has 0 unspecified atom stereocenters. The van der Waals surface area contributed by atoms with E-state index in [0.717, 1.165) is 0 Å². The predicted molar refractivity (Wildman–Crippen MR) is 112 cm³/mol. The van der Waals surface area contributed by atoms with Gasteiger partial charge in [-0.1, -0.05) is 29.3 Å². The Kier molecular flexibility index (Phi) is 6.26. The number of pyridine rings is 1. The molecule has 0 aliphatic heterocycles.